The number of aromatic nitrogens is 1. The molecule has 2 rings (SSSR count). The van der Waals surface area contributed by atoms with Gasteiger partial charge in [0.15, 0.2) is 0 Å². The van der Waals surface area contributed by atoms with E-state index in [0.29, 0.717) is 19.2 Å². The molecule has 4 nitrogen and oxygen atoms in total. The molecule has 0 aliphatic carbocycles. The monoisotopic (exact) mass is 322 g/mol. The van der Waals surface area contributed by atoms with Crippen molar-refractivity contribution in [1.82, 2.24) is 9.29 Å². The number of aliphatic hydroxyl groups excluding tert-OH is 1. The number of benzene rings is 1. The van der Waals surface area contributed by atoms with Crippen LogP contribution in [0.2, 0.25) is 0 Å². The third-order valence-corrected chi connectivity index (χ3v) is 4.85. The highest BCUT2D eigenvalue weighted by molar-refractivity contribution is 7.97. The first-order chi connectivity index (χ1) is 10.7. The largest absolute Gasteiger partial charge is 0.490 e. The molecule has 0 saturated carbocycles. The molecule has 22 heavy (non-hydrogen) atoms. The second-order valence-corrected chi connectivity index (χ2v) is 6.74. The maximum atomic E-state index is 10.3. The van der Waals surface area contributed by atoms with E-state index in [1.807, 2.05) is 30.5 Å². The Hall–Kier alpha value is -1.17. The van der Waals surface area contributed by atoms with Gasteiger partial charge >= 0.3 is 0 Å². The molecule has 0 spiro atoms. The molecule has 0 radical (unpaired) electrons. The zero-order valence-corrected chi connectivity index (χ0v) is 14.4. The minimum atomic E-state index is -0.498. The van der Waals surface area contributed by atoms with Crippen LogP contribution in [-0.2, 0) is 0 Å². The number of ether oxygens (including phenoxy) is 1. The van der Waals surface area contributed by atoms with Crippen LogP contribution in [0.5, 0.6) is 5.75 Å². The molecule has 0 aliphatic heterocycles. The molecule has 0 saturated heterocycles. The van der Waals surface area contributed by atoms with Gasteiger partial charge in [-0.15, -0.1) is 0 Å². The standard InChI is InChI=1S/C17H26N2O2S/c1-4-13(3)19(22-5-2)11-14(20)12-21-17-8-6-7-16-15(17)9-10-18-16/h6-10,13-14,18,20H,4-5,11-12H2,1-3H3. The highest BCUT2D eigenvalue weighted by Crippen LogP contribution is 2.24. The molecule has 2 atom stereocenters. The summed E-state index contributed by atoms with van der Waals surface area (Å²) in [7, 11) is 0. The van der Waals surface area contributed by atoms with E-state index >= 15 is 0 Å². The van der Waals surface area contributed by atoms with Crippen molar-refractivity contribution in [2.75, 3.05) is 18.9 Å². The van der Waals surface area contributed by atoms with Crippen LogP contribution < -0.4 is 4.74 Å². The second kappa shape index (κ2) is 8.46. The summed E-state index contributed by atoms with van der Waals surface area (Å²) in [5.74, 6) is 1.83. The summed E-state index contributed by atoms with van der Waals surface area (Å²) in [5.41, 5.74) is 1.05. The summed E-state index contributed by atoms with van der Waals surface area (Å²) in [6, 6.07) is 8.36. The summed E-state index contributed by atoms with van der Waals surface area (Å²) in [6.07, 6.45) is 2.47. The zero-order chi connectivity index (χ0) is 15.9. The highest BCUT2D eigenvalue weighted by Gasteiger charge is 2.17. The fraction of sp³-hybridized carbons (Fsp3) is 0.529. The number of nitrogens with zero attached hydrogens (tertiary/aromatic N) is 1. The quantitative estimate of drug-likeness (QED) is 0.692. The van der Waals surface area contributed by atoms with Crippen molar-refractivity contribution in [3.8, 4) is 5.75 Å². The topological polar surface area (TPSA) is 48.5 Å². The minimum absolute atomic E-state index is 0.307. The van der Waals surface area contributed by atoms with Crippen molar-refractivity contribution in [3.63, 3.8) is 0 Å². The summed E-state index contributed by atoms with van der Waals surface area (Å²) in [5, 5.41) is 11.3. The third kappa shape index (κ3) is 4.41. The van der Waals surface area contributed by atoms with Gasteiger partial charge < -0.3 is 14.8 Å². The summed E-state index contributed by atoms with van der Waals surface area (Å²) in [4.78, 5) is 3.17. The van der Waals surface area contributed by atoms with Crippen LogP contribution in [0.1, 0.15) is 27.2 Å². The van der Waals surface area contributed by atoms with Crippen LogP contribution in [0.15, 0.2) is 30.5 Å². The Labute approximate surface area is 137 Å². The van der Waals surface area contributed by atoms with Gasteiger partial charge in [0.1, 0.15) is 18.5 Å². The van der Waals surface area contributed by atoms with Crippen LogP contribution in [0.25, 0.3) is 10.9 Å². The zero-order valence-electron chi connectivity index (χ0n) is 13.6. The molecule has 2 N–H and O–H groups in total. The maximum absolute atomic E-state index is 10.3. The molecule has 122 valence electrons. The number of aliphatic hydroxyl groups is 1. The van der Waals surface area contributed by atoms with Gasteiger partial charge in [0.2, 0.25) is 0 Å². The Morgan fingerprint density at radius 2 is 2.14 bits per heavy atom. The van der Waals surface area contributed by atoms with Crippen molar-refractivity contribution in [2.45, 2.75) is 39.3 Å². The lowest BCUT2D eigenvalue weighted by Gasteiger charge is -2.28. The minimum Gasteiger partial charge on any atom is -0.490 e. The first-order valence-corrected chi connectivity index (χ1v) is 8.86. The Morgan fingerprint density at radius 1 is 1.32 bits per heavy atom. The lowest BCUT2D eigenvalue weighted by Crippen LogP contribution is -2.36. The average molecular weight is 322 g/mol. The average Bonchev–Trinajstić information content (AvgIpc) is 3.00. The number of aromatic amines is 1. The van der Waals surface area contributed by atoms with Crippen molar-refractivity contribution in [2.24, 2.45) is 0 Å². The van der Waals surface area contributed by atoms with Gasteiger partial charge in [-0.25, -0.2) is 4.31 Å². The van der Waals surface area contributed by atoms with Gasteiger partial charge in [0.05, 0.1) is 0 Å². The Morgan fingerprint density at radius 3 is 2.86 bits per heavy atom. The molecular formula is C17H26N2O2S. The Balaban J connectivity index is 1.91. The fourth-order valence-corrected chi connectivity index (χ4v) is 3.37. The van der Waals surface area contributed by atoms with Gasteiger partial charge in [0.25, 0.3) is 0 Å². The Kier molecular flexibility index (Phi) is 6.61. The number of hydrogen-bond donors (Lipinski definition) is 2. The van der Waals surface area contributed by atoms with E-state index in [1.165, 1.54) is 0 Å². The third-order valence-electron chi connectivity index (χ3n) is 3.75. The van der Waals surface area contributed by atoms with Gasteiger partial charge in [-0.05, 0) is 31.5 Å². The number of H-pyrrole nitrogens is 1. The van der Waals surface area contributed by atoms with E-state index in [1.54, 1.807) is 11.9 Å². The number of rotatable bonds is 9. The highest BCUT2D eigenvalue weighted by atomic mass is 32.2. The van der Waals surface area contributed by atoms with Crippen LogP contribution in [0.4, 0.5) is 0 Å². The number of fused-ring (bicyclic) bond motifs is 1. The summed E-state index contributed by atoms with van der Waals surface area (Å²) in [6.45, 7) is 7.42. The first kappa shape index (κ1) is 17.2. The molecule has 0 bridgehead atoms. The van der Waals surface area contributed by atoms with E-state index < -0.39 is 6.10 Å². The van der Waals surface area contributed by atoms with E-state index in [-0.39, 0.29) is 0 Å². The molecule has 1 aromatic carbocycles. The molecule has 0 amide bonds. The van der Waals surface area contributed by atoms with Gasteiger partial charge in [0, 0.05) is 35.4 Å². The molecule has 1 aromatic heterocycles. The maximum Gasteiger partial charge on any atom is 0.128 e. The molecule has 0 fully saturated rings. The van der Waals surface area contributed by atoms with Gasteiger partial charge in [-0.2, -0.15) is 0 Å². The predicted octanol–water partition coefficient (Wildman–Crippen LogP) is 3.68. The van der Waals surface area contributed by atoms with Crippen molar-refractivity contribution in [1.29, 1.82) is 0 Å². The van der Waals surface area contributed by atoms with Crippen molar-refractivity contribution < 1.29 is 9.84 Å². The van der Waals surface area contributed by atoms with Crippen LogP contribution in [0, 0.1) is 0 Å². The smallest absolute Gasteiger partial charge is 0.128 e. The normalized spacial score (nSPS) is 14.4. The van der Waals surface area contributed by atoms with E-state index in [0.717, 1.165) is 28.8 Å². The lowest BCUT2D eigenvalue weighted by molar-refractivity contribution is 0.0858. The van der Waals surface area contributed by atoms with Crippen LogP contribution >= 0.6 is 11.9 Å². The molecule has 1 heterocycles. The molecule has 0 aliphatic rings. The van der Waals surface area contributed by atoms with Gasteiger partial charge in [-0.3, -0.25) is 0 Å². The summed E-state index contributed by atoms with van der Waals surface area (Å²) < 4.78 is 8.08. The fourth-order valence-electron chi connectivity index (χ4n) is 2.36. The van der Waals surface area contributed by atoms with Crippen molar-refractivity contribution in [3.05, 3.63) is 30.5 Å². The van der Waals surface area contributed by atoms with E-state index in [2.05, 4.69) is 30.1 Å². The van der Waals surface area contributed by atoms with Crippen LogP contribution in [-0.4, -0.2) is 45.4 Å². The molecule has 2 aromatic rings. The van der Waals surface area contributed by atoms with E-state index in [4.69, 9.17) is 4.74 Å². The molecular weight excluding hydrogens is 296 g/mol. The SMILES string of the molecule is CCSN(CC(O)COc1cccc2[nH]ccc12)C(C)CC. The van der Waals surface area contributed by atoms with Crippen LogP contribution in [0.3, 0.4) is 0 Å². The predicted molar refractivity (Wildman–Crippen MR) is 94.4 cm³/mol. The van der Waals surface area contributed by atoms with Crippen molar-refractivity contribution >= 4 is 22.9 Å². The second-order valence-electron chi connectivity index (χ2n) is 5.43. The van der Waals surface area contributed by atoms with E-state index in [9.17, 15) is 5.11 Å². The van der Waals surface area contributed by atoms with Gasteiger partial charge in [-0.1, -0.05) is 31.9 Å². The molecule has 2 unspecified atom stereocenters. The number of nitrogens with one attached hydrogen (secondary N) is 1. The Bertz CT molecular complexity index is 573. The molecule has 5 heteroatoms. The summed E-state index contributed by atoms with van der Waals surface area (Å²) >= 11 is 1.78. The first-order valence-electron chi connectivity index (χ1n) is 7.92. The number of hydrogen-bond acceptors (Lipinski definition) is 4. The lowest BCUT2D eigenvalue weighted by atomic mass is 10.2.